The van der Waals surface area contributed by atoms with Gasteiger partial charge in [0.2, 0.25) is 0 Å². The second-order valence-corrected chi connectivity index (χ2v) is 4.89. The van der Waals surface area contributed by atoms with E-state index in [2.05, 4.69) is 13.8 Å². The molecule has 2 N–H and O–H groups in total. The van der Waals surface area contributed by atoms with Crippen LogP contribution in [0.25, 0.3) is 0 Å². The molecule has 2 atom stereocenters. The average Bonchev–Trinajstić information content (AvgIpc) is 2.48. The molecular formula is C12H16FN. The lowest BCUT2D eigenvalue weighted by molar-refractivity contribution is 0.594. The van der Waals surface area contributed by atoms with Gasteiger partial charge in [0.15, 0.2) is 0 Å². The Morgan fingerprint density at radius 3 is 2.29 bits per heavy atom. The highest BCUT2D eigenvalue weighted by atomic mass is 19.1. The largest absolute Gasteiger partial charge is 0.327 e. The molecule has 0 radical (unpaired) electrons. The molecule has 14 heavy (non-hydrogen) atoms. The Hall–Kier alpha value is -0.890. The fourth-order valence-corrected chi connectivity index (χ4v) is 2.26. The highest BCUT2D eigenvalue weighted by Gasteiger charge is 2.56. The molecule has 0 bridgehead atoms. The first-order valence-corrected chi connectivity index (χ1v) is 4.95. The summed E-state index contributed by atoms with van der Waals surface area (Å²) in [5.41, 5.74) is 8.09. The summed E-state index contributed by atoms with van der Waals surface area (Å²) in [5.74, 6) is 0.159. The molecule has 0 spiro atoms. The van der Waals surface area contributed by atoms with E-state index < -0.39 is 0 Å². The molecule has 2 rings (SSSR count). The normalized spacial score (nSPS) is 28.9. The van der Waals surface area contributed by atoms with E-state index in [0.29, 0.717) is 5.92 Å². The monoisotopic (exact) mass is 193 g/mol. The van der Waals surface area contributed by atoms with Gasteiger partial charge in [0.25, 0.3) is 0 Å². The second-order valence-electron chi connectivity index (χ2n) is 4.89. The van der Waals surface area contributed by atoms with Crippen LogP contribution in [0.4, 0.5) is 4.39 Å². The van der Waals surface area contributed by atoms with Crippen molar-refractivity contribution in [3.63, 3.8) is 0 Å². The first-order valence-electron chi connectivity index (χ1n) is 4.95. The average molecular weight is 193 g/mol. The standard InChI is InChI=1S/C12H16FN/c1-7-4-8(6-9(13)5-7)10-11(14)12(10,2)3/h4-6,10-11H,14H2,1-3H3. The minimum absolute atomic E-state index is 0.125. The highest BCUT2D eigenvalue weighted by molar-refractivity contribution is 5.36. The van der Waals surface area contributed by atoms with E-state index in [-0.39, 0.29) is 17.3 Å². The van der Waals surface area contributed by atoms with Crippen molar-refractivity contribution < 1.29 is 4.39 Å². The SMILES string of the molecule is Cc1cc(F)cc(C2C(N)C2(C)C)c1. The molecule has 0 aliphatic heterocycles. The van der Waals surface area contributed by atoms with Crippen LogP contribution in [0.1, 0.15) is 30.9 Å². The summed E-state index contributed by atoms with van der Waals surface area (Å²) in [6.07, 6.45) is 0. The van der Waals surface area contributed by atoms with Crippen molar-refractivity contribution in [2.75, 3.05) is 0 Å². The Labute approximate surface area is 84.1 Å². The van der Waals surface area contributed by atoms with Crippen LogP contribution < -0.4 is 5.73 Å². The fourth-order valence-electron chi connectivity index (χ4n) is 2.26. The molecule has 1 saturated carbocycles. The Kier molecular flexibility index (Phi) is 1.93. The fraction of sp³-hybridized carbons (Fsp3) is 0.500. The molecular weight excluding hydrogens is 177 g/mol. The molecule has 1 aliphatic rings. The number of aryl methyl sites for hydroxylation is 1. The molecule has 0 amide bonds. The Morgan fingerprint density at radius 2 is 1.86 bits per heavy atom. The minimum atomic E-state index is -0.157. The van der Waals surface area contributed by atoms with Crippen LogP contribution in [0, 0.1) is 18.2 Å². The van der Waals surface area contributed by atoms with Crippen molar-refractivity contribution >= 4 is 0 Å². The van der Waals surface area contributed by atoms with Crippen molar-refractivity contribution in [2.24, 2.45) is 11.1 Å². The van der Waals surface area contributed by atoms with Crippen LogP contribution >= 0.6 is 0 Å². The van der Waals surface area contributed by atoms with E-state index in [1.54, 1.807) is 12.1 Å². The maximum absolute atomic E-state index is 13.2. The number of hydrogen-bond acceptors (Lipinski definition) is 1. The third kappa shape index (κ3) is 1.34. The summed E-state index contributed by atoms with van der Waals surface area (Å²) < 4.78 is 13.2. The van der Waals surface area contributed by atoms with Gasteiger partial charge in [0.1, 0.15) is 5.82 Å². The van der Waals surface area contributed by atoms with E-state index in [1.807, 2.05) is 13.0 Å². The van der Waals surface area contributed by atoms with Crippen molar-refractivity contribution in [3.8, 4) is 0 Å². The maximum Gasteiger partial charge on any atom is 0.123 e. The molecule has 0 heterocycles. The van der Waals surface area contributed by atoms with Gasteiger partial charge in [-0.25, -0.2) is 4.39 Å². The van der Waals surface area contributed by atoms with Crippen LogP contribution in [-0.2, 0) is 0 Å². The predicted octanol–water partition coefficient (Wildman–Crippen LogP) is 2.58. The molecule has 0 aromatic heterocycles. The molecule has 1 aliphatic carbocycles. The minimum Gasteiger partial charge on any atom is -0.327 e. The smallest absolute Gasteiger partial charge is 0.123 e. The maximum atomic E-state index is 13.2. The Bertz CT molecular complexity index is 350. The summed E-state index contributed by atoms with van der Waals surface area (Å²) in [4.78, 5) is 0. The predicted molar refractivity (Wildman–Crippen MR) is 55.6 cm³/mol. The number of hydrogen-bond donors (Lipinski definition) is 1. The van der Waals surface area contributed by atoms with E-state index in [4.69, 9.17) is 5.73 Å². The third-order valence-electron chi connectivity index (χ3n) is 3.33. The van der Waals surface area contributed by atoms with Gasteiger partial charge in [-0.1, -0.05) is 19.9 Å². The van der Waals surface area contributed by atoms with Gasteiger partial charge in [-0.05, 0) is 35.6 Å². The van der Waals surface area contributed by atoms with Gasteiger partial charge in [0, 0.05) is 12.0 Å². The zero-order valence-corrected chi connectivity index (χ0v) is 8.84. The molecule has 2 unspecified atom stereocenters. The molecule has 1 fully saturated rings. The lowest BCUT2D eigenvalue weighted by Gasteiger charge is -2.04. The van der Waals surface area contributed by atoms with Gasteiger partial charge in [-0.3, -0.25) is 0 Å². The van der Waals surface area contributed by atoms with E-state index >= 15 is 0 Å². The van der Waals surface area contributed by atoms with Crippen LogP contribution in [-0.4, -0.2) is 6.04 Å². The van der Waals surface area contributed by atoms with Gasteiger partial charge in [0.05, 0.1) is 0 Å². The molecule has 1 aromatic rings. The van der Waals surface area contributed by atoms with Crippen LogP contribution in [0.3, 0.4) is 0 Å². The molecule has 1 aromatic carbocycles. The van der Waals surface area contributed by atoms with E-state index in [1.165, 1.54) is 0 Å². The van der Waals surface area contributed by atoms with Crippen LogP contribution in [0.2, 0.25) is 0 Å². The summed E-state index contributed by atoms with van der Waals surface area (Å²) in [6, 6.07) is 5.35. The van der Waals surface area contributed by atoms with E-state index in [0.717, 1.165) is 11.1 Å². The molecule has 76 valence electrons. The molecule has 2 heteroatoms. The third-order valence-corrected chi connectivity index (χ3v) is 3.33. The molecule has 0 saturated heterocycles. The van der Waals surface area contributed by atoms with Crippen molar-refractivity contribution in [3.05, 3.63) is 35.1 Å². The quantitative estimate of drug-likeness (QED) is 0.729. The number of nitrogens with two attached hydrogens (primary N) is 1. The first-order chi connectivity index (χ1) is 6.43. The summed E-state index contributed by atoms with van der Waals surface area (Å²) in [7, 11) is 0. The zero-order chi connectivity index (χ0) is 10.5. The van der Waals surface area contributed by atoms with E-state index in [9.17, 15) is 4.39 Å². The van der Waals surface area contributed by atoms with Crippen molar-refractivity contribution in [2.45, 2.75) is 32.7 Å². The molecule has 1 nitrogen and oxygen atoms in total. The van der Waals surface area contributed by atoms with Gasteiger partial charge < -0.3 is 5.73 Å². The topological polar surface area (TPSA) is 26.0 Å². The number of rotatable bonds is 1. The van der Waals surface area contributed by atoms with Crippen LogP contribution in [0.15, 0.2) is 18.2 Å². The highest BCUT2D eigenvalue weighted by Crippen LogP contribution is 2.57. The summed E-state index contributed by atoms with van der Waals surface area (Å²) in [5, 5.41) is 0. The Morgan fingerprint density at radius 1 is 1.29 bits per heavy atom. The summed E-state index contributed by atoms with van der Waals surface area (Å²) in [6.45, 7) is 6.17. The number of benzene rings is 1. The lowest BCUT2D eigenvalue weighted by atomic mass is 10.0. The second kappa shape index (κ2) is 2.80. The summed E-state index contributed by atoms with van der Waals surface area (Å²) >= 11 is 0. The van der Waals surface area contributed by atoms with Crippen molar-refractivity contribution in [1.29, 1.82) is 0 Å². The Balaban J connectivity index is 2.35. The van der Waals surface area contributed by atoms with Gasteiger partial charge >= 0.3 is 0 Å². The number of halogens is 1. The van der Waals surface area contributed by atoms with Crippen molar-refractivity contribution in [1.82, 2.24) is 0 Å². The van der Waals surface area contributed by atoms with Gasteiger partial charge in [-0.15, -0.1) is 0 Å². The van der Waals surface area contributed by atoms with Gasteiger partial charge in [-0.2, -0.15) is 0 Å². The zero-order valence-electron chi connectivity index (χ0n) is 8.84. The lowest BCUT2D eigenvalue weighted by Crippen LogP contribution is -2.06. The van der Waals surface area contributed by atoms with Crippen LogP contribution in [0.5, 0.6) is 0 Å². The first kappa shape index (κ1) is 9.66.